The fraction of sp³-hybridized carbons (Fsp3) is 0.400. The van der Waals surface area contributed by atoms with Crippen LogP contribution < -0.4 is 5.73 Å². The lowest BCUT2D eigenvalue weighted by Crippen LogP contribution is -2.11. The number of rotatable bonds is 4. The van der Waals surface area contributed by atoms with Gasteiger partial charge in [-0.05, 0) is 42.4 Å². The van der Waals surface area contributed by atoms with Crippen LogP contribution in [0.2, 0.25) is 0 Å². The van der Waals surface area contributed by atoms with Gasteiger partial charge in [0.25, 0.3) is 0 Å². The minimum absolute atomic E-state index is 0.269. The summed E-state index contributed by atoms with van der Waals surface area (Å²) in [4.78, 5) is 12.1. The van der Waals surface area contributed by atoms with E-state index in [-0.39, 0.29) is 5.78 Å². The highest BCUT2D eigenvalue weighted by atomic mass is 16.1. The Labute approximate surface area is 103 Å². The molecule has 0 saturated carbocycles. The average molecular weight is 229 g/mol. The Hall–Kier alpha value is -1.41. The predicted octanol–water partition coefficient (Wildman–Crippen LogP) is 2.76. The lowest BCUT2D eigenvalue weighted by Gasteiger charge is -2.12. The molecule has 2 rings (SSSR count). The second kappa shape index (κ2) is 5.78. The lowest BCUT2D eigenvalue weighted by atomic mass is 9.92. The van der Waals surface area contributed by atoms with Crippen LogP contribution in [-0.4, -0.2) is 5.78 Å². The molecule has 0 fully saturated rings. The van der Waals surface area contributed by atoms with E-state index >= 15 is 0 Å². The predicted molar refractivity (Wildman–Crippen MR) is 69.6 cm³/mol. The van der Waals surface area contributed by atoms with E-state index in [9.17, 15) is 4.79 Å². The number of allylic oxidation sites excluding steroid dienone is 2. The third-order valence-electron chi connectivity index (χ3n) is 3.34. The van der Waals surface area contributed by atoms with E-state index in [4.69, 9.17) is 5.73 Å². The zero-order valence-corrected chi connectivity index (χ0v) is 10.1. The molecule has 2 N–H and O–H groups in total. The fourth-order valence-electron chi connectivity index (χ4n) is 2.31. The Bertz CT molecular complexity index is 434. The smallest absolute Gasteiger partial charge is 0.162 e. The molecule has 0 radical (unpaired) electrons. The van der Waals surface area contributed by atoms with E-state index in [1.54, 1.807) is 0 Å². The minimum Gasteiger partial charge on any atom is -0.326 e. The van der Waals surface area contributed by atoms with Gasteiger partial charge in [0, 0.05) is 13.0 Å². The monoisotopic (exact) mass is 229 g/mol. The largest absolute Gasteiger partial charge is 0.326 e. The molecule has 0 heterocycles. The lowest BCUT2D eigenvalue weighted by molar-refractivity contribution is -0.115. The molecule has 0 aromatic heterocycles. The molecule has 0 aliphatic heterocycles. The molecule has 0 spiro atoms. The van der Waals surface area contributed by atoms with Crippen molar-refractivity contribution in [3.05, 3.63) is 47.0 Å². The molecule has 1 aromatic rings. The summed E-state index contributed by atoms with van der Waals surface area (Å²) in [5, 5.41) is 0. The maximum atomic E-state index is 12.1. The molecular formula is C15H19NO. The van der Waals surface area contributed by atoms with Crippen molar-refractivity contribution in [1.82, 2.24) is 0 Å². The van der Waals surface area contributed by atoms with E-state index < -0.39 is 0 Å². The molecule has 0 atom stereocenters. The second-order valence-electron chi connectivity index (χ2n) is 4.55. The van der Waals surface area contributed by atoms with Crippen LogP contribution in [0, 0.1) is 0 Å². The van der Waals surface area contributed by atoms with E-state index in [0.29, 0.717) is 13.0 Å². The maximum absolute atomic E-state index is 12.1. The number of carbonyl (C=O) groups excluding carboxylic acids is 1. The van der Waals surface area contributed by atoms with Crippen LogP contribution in [0.5, 0.6) is 0 Å². The van der Waals surface area contributed by atoms with Crippen LogP contribution in [0.4, 0.5) is 0 Å². The zero-order valence-electron chi connectivity index (χ0n) is 10.1. The molecule has 1 aliphatic rings. The molecule has 0 saturated heterocycles. The Kier molecular flexibility index (Phi) is 4.10. The second-order valence-corrected chi connectivity index (χ2v) is 4.55. The number of nitrogens with two attached hydrogens (primary N) is 1. The van der Waals surface area contributed by atoms with Gasteiger partial charge in [-0.1, -0.05) is 30.3 Å². The minimum atomic E-state index is 0.269. The first-order chi connectivity index (χ1) is 8.31. The van der Waals surface area contributed by atoms with Gasteiger partial charge in [0.1, 0.15) is 0 Å². The molecule has 17 heavy (non-hydrogen) atoms. The summed E-state index contributed by atoms with van der Waals surface area (Å²) in [5.74, 6) is 0.269. The number of benzene rings is 1. The van der Waals surface area contributed by atoms with Gasteiger partial charge in [-0.2, -0.15) is 0 Å². The van der Waals surface area contributed by atoms with Crippen LogP contribution in [0.15, 0.2) is 35.9 Å². The number of ketones is 1. The van der Waals surface area contributed by atoms with Crippen molar-refractivity contribution < 1.29 is 4.79 Å². The molecule has 90 valence electrons. The summed E-state index contributed by atoms with van der Waals surface area (Å²) in [6.07, 6.45) is 6.98. The number of hydrogen-bond donors (Lipinski definition) is 1. The molecular weight excluding hydrogens is 210 g/mol. The van der Waals surface area contributed by atoms with Gasteiger partial charge >= 0.3 is 0 Å². The topological polar surface area (TPSA) is 43.1 Å². The van der Waals surface area contributed by atoms with E-state index in [1.807, 2.05) is 24.3 Å². The molecule has 1 aromatic carbocycles. The Morgan fingerprint density at radius 3 is 2.59 bits per heavy atom. The first-order valence-corrected chi connectivity index (χ1v) is 6.30. The van der Waals surface area contributed by atoms with E-state index in [2.05, 4.69) is 6.08 Å². The van der Waals surface area contributed by atoms with Gasteiger partial charge < -0.3 is 5.73 Å². The maximum Gasteiger partial charge on any atom is 0.162 e. The summed E-state index contributed by atoms with van der Waals surface area (Å²) in [6, 6.07) is 7.94. The van der Waals surface area contributed by atoms with Gasteiger partial charge in [0.05, 0.1) is 0 Å². The van der Waals surface area contributed by atoms with E-state index in [0.717, 1.165) is 36.0 Å². The van der Waals surface area contributed by atoms with Gasteiger partial charge in [0.15, 0.2) is 5.78 Å². The molecule has 2 heteroatoms. The van der Waals surface area contributed by atoms with Crippen LogP contribution in [-0.2, 0) is 17.8 Å². The van der Waals surface area contributed by atoms with Gasteiger partial charge in [-0.25, -0.2) is 0 Å². The number of hydrogen-bond acceptors (Lipinski definition) is 2. The fourth-order valence-corrected chi connectivity index (χ4v) is 2.31. The highest BCUT2D eigenvalue weighted by Crippen LogP contribution is 2.20. The quantitative estimate of drug-likeness (QED) is 0.862. The Morgan fingerprint density at radius 2 is 1.94 bits per heavy atom. The first-order valence-electron chi connectivity index (χ1n) is 6.30. The van der Waals surface area contributed by atoms with Crippen molar-refractivity contribution in [3.8, 4) is 0 Å². The molecule has 0 bridgehead atoms. The Balaban J connectivity index is 2.09. The summed E-state index contributed by atoms with van der Waals surface area (Å²) in [7, 11) is 0. The Morgan fingerprint density at radius 1 is 1.18 bits per heavy atom. The summed E-state index contributed by atoms with van der Waals surface area (Å²) in [6.45, 7) is 0.502. The van der Waals surface area contributed by atoms with Crippen LogP contribution >= 0.6 is 0 Å². The third-order valence-corrected chi connectivity index (χ3v) is 3.34. The van der Waals surface area contributed by atoms with Gasteiger partial charge in [0.2, 0.25) is 0 Å². The molecule has 1 aliphatic carbocycles. The van der Waals surface area contributed by atoms with Gasteiger partial charge in [-0.15, -0.1) is 0 Å². The normalized spacial score (nSPS) is 15.5. The highest BCUT2D eigenvalue weighted by molar-refractivity contribution is 5.97. The van der Waals surface area contributed by atoms with Crippen molar-refractivity contribution >= 4 is 5.78 Å². The third kappa shape index (κ3) is 3.04. The SMILES string of the molecule is NCc1ccccc1CC(=O)C1=CCCCC1. The van der Waals surface area contributed by atoms with Crippen molar-refractivity contribution in [3.63, 3.8) is 0 Å². The standard InChI is InChI=1S/C15H19NO/c16-11-14-9-5-4-8-13(14)10-15(17)12-6-2-1-3-7-12/h4-6,8-9H,1-3,7,10-11,16H2. The molecule has 2 nitrogen and oxygen atoms in total. The summed E-state index contributed by atoms with van der Waals surface area (Å²) < 4.78 is 0. The average Bonchev–Trinajstić information content (AvgIpc) is 2.40. The van der Waals surface area contributed by atoms with Crippen molar-refractivity contribution in [1.29, 1.82) is 0 Å². The zero-order chi connectivity index (χ0) is 12.1. The number of carbonyl (C=O) groups is 1. The highest BCUT2D eigenvalue weighted by Gasteiger charge is 2.13. The van der Waals surface area contributed by atoms with Crippen LogP contribution in [0.25, 0.3) is 0 Å². The summed E-state index contributed by atoms with van der Waals surface area (Å²) >= 11 is 0. The molecule has 0 unspecified atom stereocenters. The number of Topliss-reactive ketones (excluding diaryl/α,β-unsaturated/α-hetero) is 1. The van der Waals surface area contributed by atoms with Crippen LogP contribution in [0.3, 0.4) is 0 Å². The van der Waals surface area contributed by atoms with Crippen molar-refractivity contribution in [2.45, 2.75) is 38.6 Å². The van der Waals surface area contributed by atoms with Gasteiger partial charge in [-0.3, -0.25) is 4.79 Å². The molecule has 0 amide bonds. The summed E-state index contributed by atoms with van der Waals surface area (Å²) in [5.41, 5.74) is 8.85. The van der Waals surface area contributed by atoms with Crippen molar-refractivity contribution in [2.75, 3.05) is 0 Å². The first kappa shape index (κ1) is 12.1. The van der Waals surface area contributed by atoms with Crippen molar-refractivity contribution in [2.24, 2.45) is 5.73 Å². The van der Waals surface area contributed by atoms with E-state index in [1.165, 1.54) is 6.42 Å². The van der Waals surface area contributed by atoms with Crippen LogP contribution in [0.1, 0.15) is 36.8 Å².